The van der Waals surface area contributed by atoms with Crippen molar-refractivity contribution in [1.82, 2.24) is 0 Å². The molecule has 0 unspecified atom stereocenters. The van der Waals surface area contributed by atoms with Gasteiger partial charge in [0.05, 0.1) is 0 Å². The summed E-state index contributed by atoms with van der Waals surface area (Å²) in [7, 11) is 0. The molecule has 16 heavy (non-hydrogen) atoms. The van der Waals surface area contributed by atoms with Crippen LogP contribution in [0.25, 0.3) is 0 Å². The third-order valence-corrected chi connectivity index (χ3v) is 10.2. The van der Waals surface area contributed by atoms with Crippen LogP contribution in [0, 0.1) is 0 Å². The Morgan fingerprint density at radius 3 is 1.56 bits per heavy atom. The molecule has 0 spiro atoms. The van der Waals surface area contributed by atoms with Crippen LogP contribution in [0.1, 0.15) is 53.4 Å². The summed E-state index contributed by atoms with van der Waals surface area (Å²) in [6.45, 7) is 10.4. The van der Waals surface area contributed by atoms with Crippen molar-refractivity contribution in [3.05, 3.63) is 0 Å². The van der Waals surface area contributed by atoms with E-state index in [0.29, 0.717) is 19.8 Å². The molecule has 0 aromatic heterocycles. The fourth-order valence-corrected chi connectivity index (χ4v) is 8.37. The van der Waals surface area contributed by atoms with Crippen LogP contribution < -0.4 is 0 Å². The van der Waals surface area contributed by atoms with Crippen molar-refractivity contribution in [2.45, 2.75) is 57.5 Å². The van der Waals surface area contributed by atoms with Gasteiger partial charge in [-0.1, -0.05) is 0 Å². The Bertz CT molecular complexity index is 136. The predicted octanol–water partition coefficient (Wildman–Crippen LogP) is 3.99. The SMILES string of the molecule is CCCCC[CH2][Zr]([O]CC)([O]CC)[O]CC. The van der Waals surface area contributed by atoms with Crippen molar-refractivity contribution in [2.75, 3.05) is 19.8 Å². The summed E-state index contributed by atoms with van der Waals surface area (Å²) in [5.41, 5.74) is 0. The first-order chi connectivity index (χ1) is 7.74. The molecule has 0 N–H and O–H groups in total. The first-order valence-corrected chi connectivity index (χ1v) is 11.4. The van der Waals surface area contributed by atoms with Crippen LogP contribution in [-0.2, 0) is 30.0 Å². The van der Waals surface area contributed by atoms with Gasteiger partial charge in [-0.25, -0.2) is 0 Å². The average Bonchev–Trinajstić information content (AvgIpc) is 2.26. The third-order valence-electron chi connectivity index (χ3n) is 2.43. The van der Waals surface area contributed by atoms with E-state index < -0.39 is 21.6 Å². The summed E-state index contributed by atoms with van der Waals surface area (Å²) in [5, 5.41) is 0. The summed E-state index contributed by atoms with van der Waals surface area (Å²) in [4.78, 5) is 0. The Morgan fingerprint density at radius 1 is 0.688 bits per heavy atom. The molecule has 0 saturated heterocycles. The van der Waals surface area contributed by atoms with Crippen molar-refractivity contribution in [3.63, 3.8) is 0 Å². The van der Waals surface area contributed by atoms with Gasteiger partial charge in [0, 0.05) is 0 Å². The van der Waals surface area contributed by atoms with E-state index in [2.05, 4.69) is 6.92 Å². The first-order valence-electron chi connectivity index (χ1n) is 6.66. The minimum atomic E-state index is -3.14. The molecule has 0 aromatic rings. The van der Waals surface area contributed by atoms with E-state index in [-0.39, 0.29) is 0 Å². The predicted molar refractivity (Wildman–Crippen MR) is 63.8 cm³/mol. The molecule has 0 radical (unpaired) electrons. The molecule has 3 nitrogen and oxygen atoms in total. The van der Waals surface area contributed by atoms with Crippen molar-refractivity contribution in [2.24, 2.45) is 0 Å². The van der Waals surface area contributed by atoms with Gasteiger partial charge in [0.1, 0.15) is 0 Å². The van der Waals surface area contributed by atoms with E-state index in [4.69, 9.17) is 8.44 Å². The zero-order valence-corrected chi connectivity index (χ0v) is 13.8. The van der Waals surface area contributed by atoms with Crippen molar-refractivity contribution in [1.29, 1.82) is 0 Å². The molecule has 0 rings (SSSR count). The number of rotatable bonds is 11. The fourth-order valence-electron chi connectivity index (χ4n) is 1.77. The van der Waals surface area contributed by atoms with Crippen LogP contribution >= 0.6 is 0 Å². The zero-order chi connectivity index (χ0) is 12.3. The summed E-state index contributed by atoms with van der Waals surface area (Å²) in [5.74, 6) is 0. The molecule has 98 valence electrons. The molecular weight excluding hydrogens is 283 g/mol. The average molecular weight is 312 g/mol. The Kier molecular flexibility index (Phi) is 11.4. The van der Waals surface area contributed by atoms with Crippen LogP contribution in [0.3, 0.4) is 0 Å². The van der Waals surface area contributed by atoms with Crippen molar-refractivity contribution >= 4 is 0 Å². The Labute approximate surface area is 107 Å². The molecule has 0 aromatic carbocycles. The van der Waals surface area contributed by atoms with Crippen molar-refractivity contribution < 1.29 is 30.0 Å². The summed E-state index contributed by atoms with van der Waals surface area (Å²) < 4.78 is 18.6. The third kappa shape index (κ3) is 7.16. The zero-order valence-electron chi connectivity index (χ0n) is 11.4. The quantitative estimate of drug-likeness (QED) is 0.540. The van der Waals surface area contributed by atoms with Gasteiger partial charge in [0.2, 0.25) is 0 Å². The van der Waals surface area contributed by atoms with E-state index in [9.17, 15) is 0 Å². The van der Waals surface area contributed by atoms with E-state index in [1.54, 1.807) is 0 Å². The molecule has 0 bridgehead atoms. The molecule has 0 aliphatic heterocycles. The van der Waals surface area contributed by atoms with Crippen LogP contribution in [-0.4, -0.2) is 19.8 Å². The summed E-state index contributed by atoms with van der Waals surface area (Å²) in [6.07, 6.45) is 5.01. The topological polar surface area (TPSA) is 27.7 Å². The van der Waals surface area contributed by atoms with Crippen LogP contribution in [0.5, 0.6) is 0 Å². The Balaban J connectivity index is 4.12. The molecule has 0 atom stereocenters. The fraction of sp³-hybridized carbons (Fsp3) is 1.00. The summed E-state index contributed by atoms with van der Waals surface area (Å²) >= 11 is -3.14. The normalized spacial score (nSPS) is 12.0. The van der Waals surface area contributed by atoms with Gasteiger partial charge in [-0.15, -0.1) is 0 Å². The van der Waals surface area contributed by atoms with E-state index in [0.717, 1.165) is 4.13 Å². The van der Waals surface area contributed by atoms with E-state index in [1.165, 1.54) is 25.7 Å². The van der Waals surface area contributed by atoms with Gasteiger partial charge in [-0.05, 0) is 0 Å². The van der Waals surface area contributed by atoms with E-state index in [1.807, 2.05) is 20.8 Å². The van der Waals surface area contributed by atoms with Gasteiger partial charge in [0.15, 0.2) is 0 Å². The first kappa shape index (κ1) is 16.8. The van der Waals surface area contributed by atoms with Gasteiger partial charge in [0.25, 0.3) is 0 Å². The second-order valence-electron chi connectivity index (χ2n) is 3.79. The monoisotopic (exact) mass is 310 g/mol. The maximum atomic E-state index is 5.86. The second kappa shape index (κ2) is 10.9. The van der Waals surface area contributed by atoms with Gasteiger partial charge in [-0.2, -0.15) is 0 Å². The molecule has 0 saturated carbocycles. The van der Waals surface area contributed by atoms with E-state index >= 15 is 0 Å². The number of hydrogen-bond donors (Lipinski definition) is 0. The van der Waals surface area contributed by atoms with Gasteiger partial charge in [-0.3, -0.25) is 0 Å². The second-order valence-corrected chi connectivity index (χ2v) is 10.5. The van der Waals surface area contributed by atoms with Crippen molar-refractivity contribution in [3.8, 4) is 0 Å². The van der Waals surface area contributed by atoms with Crippen LogP contribution in [0.2, 0.25) is 4.13 Å². The van der Waals surface area contributed by atoms with Gasteiger partial charge < -0.3 is 0 Å². The van der Waals surface area contributed by atoms with Crippen LogP contribution in [0.15, 0.2) is 0 Å². The molecule has 0 fully saturated rings. The molecule has 4 heteroatoms. The number of unbranched alkanes of at least 4 members (excludes halogenated alkanes) is 3. The maximum absolute atomic E-state index is 5.86. The molecule has 0 heterocycles. The Hall–Kier alpha value is 0.763. The van der Waals surface area contributed by atoms with Crippen LogP contribution in [0.4, 0.5) is 0 Å². The van der Waals surface area contributed by atoms with Gasteiger partial charge >= 0.3 is 107 Å². The standard InChI is InChI=1S/C6H13.3C2H5O.Zr/c1-3-5-6-4-2;3*1-2-3;/h1,3-6H2,2H3;3*2H2,1H3;/q;3*-1;+3. The summed E-state index contributed by atoms with van der Waals surface area (Å²) in [6, 6.07) is 0. The molecular formula is C12H28O3Zr. The minimum absolute atomic E-state index is 0.712. The molecule has 0 amide bonds. The molecule has 0 aliphatic rings. The number of hydrogen-bond acceptors (Lipinski definition) is 3. The molecule has 0 aliphatic carbocycles. The Morgan fingerprint density at radius 2 is 1.19 bits per heavy atom.